The average Bonchev–Trinajstić information content (AvgIpc) is 2.87. The van der Waals surface area contributed by atoms with Crippen LogP contribution in [0.5, 0.6) is 0 Å². The van der Waals surface area contributed by atoms with Gasteiger partial charge in [0.05, 0.1) is 12.6 Å². The van der Waals surface area contributed by atoms with Gasteiger partial charge in [-0.25, -0.2) is 9.97 Å². The van der Waals surface area contributed by atoms with Crippen LogP contribution >= 0.6 is 11.8 Å². The lowest BCUT2D eigenvalue weighted by Crippen LogP contribution is -2.37. The Bertz CT molecular complexity index is 546. The van der Waals surface area contributed by atoms with Gasteiger partial charge in [-0.3, -0.25) is 4.90 Å². The number of aliphatic hydroxyl groups excluding tert-OH is 1. The van der Waals surface area contributed by atoms with E-state index < -0.39 is 0 Å². The zero-order chi connectivity index (χ0) is 13.8. The molecule has 1 aliphatic heterocycles. The van der Waals surface area contributed by atoms with E-state index >= 15 is 0 Å². The Balaban J connectivity index is 1.59. The van der Waals surface area contributed by atoms with Crippen molar-refractivity contribution >= 4 is 11.8 Å². The minimum absolute atomic E-state index is 0.203. The highest BCUT2D eigenvalue weighted by atomic mass is 32.2. The number of aromatic nitrogens is 2. The molecule has 3 heterocycles. The second-order valence-corrected chi connectivity index (χ2v) is 5.86. The number of likely N-dealkylation sites (tertiary alicyclic amines) is 1. The number of furan rings is 1. The van der Waals surface area contributed by atoms with E-state index in [0.29, 0.717) is 5.16 Å². The van der Waals surface area contributed by atoms with Crippen LogP contribution in [0.15, 0.2) is 45.3 Å². The maximum atomic E-state index is 9.66. The van der Waals surface area contributed by atoms with Gasteiger partial charge >= 0.3 is 0 Å². The highest BCUT2D eigenvalue weighted by Gasteiger charge is 2.18. The highest BCUT2D eigenvalue weighted by molar-refractivity contribution is 7.99. The number of rotatable bonds is 4. The van der Waals surface area contributed by atoms with Gasteiger partial charge in [-0.2, -0.15) is 0 Å². The average molecular weight is 291 g/mol. The molecule has 3 rings (SSSR count). The lowest BCUT2D eigenvalue weighted by molar-refractivity contribution is 0.0627. The maximum Gasteiger partial charge on any atom is 0.195 e. The molecule has 106 valence electrons. The summed E-state index contributed by atoms with van der Waals surface area (Å²) in [6.07, 6.45) is 5.18. The molecular weight excluding hydrogens is 274 g/mol. The molecule has 1 saturated heterocycles. The summed E-state index contributed by atoms with van der Waals surface area (Å²) in [4.78, 5) is 10.5. The van der Waals surface area contributed by atoms with Crippen LogP contribution in [-0.4, -0.2) is 39.2 Å². The Labute approximate surface area is 122 Å². The normalized spacial score (nSPS) is 20.1. The van der Waals surface area contributed by atoms with Gasteiger partial charge in [0.1, 0.15) is 5.76 Å². The summed E-state index contributed by atoms with van der Waals surface area (Å²) in [6, 6.07) is 5.71. The SMILES string of the molecule is O[C@H]1CCCN(Cc2ccc(Sc3ncccn3)o2)C1. The molecule has 6 heteroatoms. The Morgan fingerprint density at radius 2 is 2.20 bits per heavy atom. The molecule has 0 spiro atoms. The Morgan fingerprint density at radius 3 is 3.00 bits per heavy atom. The molecule has 1 fully saturated rings. The summed E-state index contributed by atoms with van der Waals surface area (Å²) in [5.41, 5.74) is 0. The van der Waals surface area contributed by atoms with E-state index in [-0.39, 0.29) is 6.10 Å². The van der Waals surface area contributed by atoms with Crippen molar-refractivity contribution in [3.05, 3.63) is 36.4 Å². The molecular formula is C14H17N3O2S. The standard InChI is InChI=1S/C14H17N3O2S/c18-11-3-1-8-17(9-11)10-12-4-5-13(19-12)20-14-15-6-2-7-16-14/h2,4-7,11,18H,1,3,8-10H2/t11-/m0/s1. The highest BCUT2D eigenvalue weighted by Crippen LogP contribution is 2.26. The largest absolute Gasteiger partial charge is 0.453 e. The van der Waals surface area contributed by atoms with Crippen LogP contribution in [0.1, 0.15) is 18.6 Å². The number of nitrogens with zero attached hydrogens (tertiary/aromatic N) is 3. The first-order chi connectivity index (χ1) is 9.79. The monoisotopic (exact) mass is 291 g/mol. The van der Waals surface area contributed by atoms with E-state index in [2.05, 4.69) is 14.9 Å². The Morgan fingerprint density at radius 1 is 1.35 bits per heavy atom. The third-order valence-corrected chi connectivity index (χ3v) is 4.05. The molecule has 2 aromatic rings. The molecule has 5 nitrogen and oxygen atoms in total. The van der Waals surface area contributed by atoms with E-state index in [4.69, 9.17) is 4.42 Å². The zero-order valence-electron chi connectivity index (χ0n) is 11.1. The van der Waals surface area contributed by atoms with Crippen LogP contribution in [0.3, 0.4) is 0 Å². The summed E-state index contributed by atoms with van der Waals surface area (Å²) in [6.45, 7) is 2.49. The van der Waals surface area contributed by atoms with Crippen molar-refractivity contribution in [3.8, 4) is 0 Å². The fourth-order valence-electron chi connectivity index (χ4n) is 2.32. The van der Waals surface area contributed by atoms with Crippen LogP contribution in [0.4, 0.5) is 0 Å². The molecule has 0 bridgehead atoms. The first-order valence-corrected chi connectivity index (χ1v) is 7.55. The van der Waals surface area contributed by atoms with Crippen LogP contribution in [0.25, 0.3) is 0 Å². The zero-order valence-corrected chi connectivity index (χ0v) is 11.9. The molecule has 1 N–H and O–H groups in total. The molecule has 1 atom stereocenters. The summed E-state index contributed by atoms with van der Waals surface area (Å²) < 4.78 is 5.79. The number of hydrogen-bond donors (Lipinski definition) is 1. The van der Waals surface area contributed by atoms with Gasteiger partial charge in [0.15, 0.2) is 10.2 Å². The molecule has 0 saturated carbocycles. The number of piperidine rings is 1. The van der Waals surface area contributed by atoms with E-state index in [1.807, 2.05) is 12.1 Å². The molecule has 0 radical (unpaired) electrons. The van der Waals surface area contributed by atoms with Crippen molar-refractivity contribution in [2.24, 2.45) is 0 Å². The first kappa shape index (κ1) is 13.6. The smallest absolute Gasteiger partial charge is 0.195 e. The number of aliphatic hydroxyl groups is 1. The van der Waals surface area contributed by atoms with Crippen LogP contribution in [-0.2, 0) is 6.54 Å². The van der Waals surface area contributed by atoms with E-state index in [0.717, 1.165) is 43.3 Å². The van der Waals surface area contributed by atoms with Gasteiger partial charge in [-0.1, -0.05) is 0 Å². The fraction of sp³-hybridized carbons (Fsp3) is 0.429. The first-order valence-electron chi connectivity index (χ1n) is 6.73. The third-order valence-electron chi connectivity index (χ3n) is 3.23. The van der Waals surface area contributed by atoms with E-state index in [9.17, 15) is 5.11 Å². The Kier molecular flexibility index (Phi) is 4.34. The fourth-order valence-corrected chi connectivity index (χ4v) is 3.01. The second kappa shape index (κ2) is 6.39. The van der Waals surface area contributed by atoms with Crippen molar-refractivity contribution in [2.75, 3.05) is 13.1 Å². The summed E-state index contributed by atoms with van der Waals surface area (Å²) in [5.74, 6) is 0.914. The molecule has 0 amide bonds. The molecule has 0 aromatic carbocycles. The number of hydrogen-bond acceptors (Lipinski definition) is 6. The van der Waals surface area contributed by atoms with Crippen molar-refractivity contribution in [3.63, 3.8) is 0 Å². The second-order valence-electron chi connectivity index (χ2n) is 4.89. The van der Waals surface area contributed by atoms with Crippen molar-refractivity contribution < 1.29 is 9.52 Å². The molecule has 0 unspecified atom stereocenters. The van der Waals surface area contributed by atoms with Crippen molar-refractivity contribution in [1.82, 2.24) is 14.9 Å². The minimum Gasteiger partial charge on any atom is -0.453 e. The van der Waals surface area contributed by atoms with Gasteiger partial charge in [0.25, 0.3) is 0 Å². The molecule has 2 aromatic heterocycles. The van der Waals surface area contributed by atoms with E-state index in [1.165, 1.54) is 11.8 Å². The Hall–Kier alpha value is -1.37. The number of β-amino-alcohol motifs (C(OH)–C–C–N with tert-alkyl or cyclic N) is 1. The predicted octanol–water partition coefficient (Wildman–Crippen LogP) is 2.18. The van der Waals surface area contributed by atoms with Crippen LogP contribution in [0, 0.1) is 0 Å². The summed E-state index contributed by atoms with van der Waals surface area (Å²) in [5, 5.41) is 11.1. The molecule has 1 aliphatic rings. The van der Waals surface area contributed by atoms with Crippen molar-refractivity contribution in [1.29, 1.82) is 0 Å². The van der Waals surface area contributed by atoms with Gasteiger partial charge in [-0.05, 0) is 49.3 Å². The van der Waals surface area contributed by atoms with Crippen LogP contribution < -0.4 is 0 Å². The lowest BCUT2D eigenvalue weighted by Gasteiger charge is -2.29. The summed E-state index contributed by atoms with van der Waals surface area (Å²) in [7, 11) is 0. The van der Waals surface area contributed by atoms with Crippen LogP contribution in [0.2, 0.25) is 0 Å². The summed E-state index contributed by atoms with van der Waals surface area (Å²) >= 11 is 1.41. The van der Waals surface area contributed by atoms with Gasteiger partial charge in [0.2, 0.25) is 0 Å². The third kappa shape index (κ3) is 3.59. The predicted molar refractivity (Wildman–Crippen MR) is 75.4 cm³/mol. The molecule has 20 heavy (non-hydrogen) atoms. The minimum atomic E-state index is -0.203. The lowest BCUT2D eigenvalue weighted by atomic mass is 10.1. The quantitative estimate of drug-likeness (QED) is 0.871. The molecule has 0 aliphatic carbocycles. The van der Waals surface area contributed by atoms with E-state index in [1.54, 1.807) is 18.5 Å². The van der Waals surface area contributed by atoms with Crippen molar-refractivity contribution in [2.45, 2.75) is 35.7 Å². The topological polar surface area (TPSA) is 62.4 Å². The van der Waals surface area contributed by atoms with Gasteiger partial charge < -0.3 is 9.52 Å². The maximum absolute atomic E-state index is 9.66. The van der Waals surface area contributed by atoms with Gasteiger partial charge in [0, 0.05) is 18.9 Å². The van der Waals surface area contributed by atoms with Gasteiger partial charge in [-0.15, -0.1) is 0 Å².